The van der Waals surface area contributed by atoms with Crippen LogP contribution in [-0.4, -0.2) is 17.8 Å². The molecular formula is C24H22N4O. The van der Waals surface area contributed by atoms with E-state index in [1.165, 1.54) is 10.6 Å². The predicted octanol–water partition coefficient (Wildman–Crippen LogP) is 4.97. The third-order valence-electron chi connectivity index (χ3n) is 4.74. The molecule has 4 rings (SSSR count). The van der Waals surface area contributed by atoms with Crippen molar-refractivity contribution in [3.8, 4) is 0 Å². The van der Waals surface area contributed by atoms with E-state index in [0.717, 1.165) is 28.2 Å². The molecule has 0 atom stereocenters. The van der Waals surface area contributed by atoms with Gasteiger partial charge in [0.25, 0.3) is 0 Å². The zero-order valence-corrected chi connectivity index (χ0v) is 16.2. The number of hydrogen-bond acceptors (Lipinski definition) is 4. The van der Waals surface area contributed by atoms with E-state index in [1.54, 1.807) is 6.21 Å². The van der Waals surface area contributed by atoms with Gasteiger partial charge in [-0.25, -0.2) is 5.01 Å². The summed E-state index contributed by atoms with van der Waals surface area (Å²) in [5.74, 6) is 0.00661. The molecule has 29 heavy (non-hydrogen) atoms. The third kappa shape index (κ3) is 4.58. The molecule has 3 aromatic rings. The van der Waals surface area contributed by atoms with Crippen LogP contribution in [0, 0.1) is 6.92 Å². The second kappa shape index (κ2) is 8.52. The first kappa shape index (κ1) is 18.6. The average molecular weight is 382 g/mol. The van der Waals surface area contributed by atoms with Crippen molar-refractivity contribution >= 4 is 29.2 Å². The lowest BCUT2D eigenvalue weighted by Crippen LogP contribution is -2.31. The average Bonchev–Trinajstić information content (AvgIpc) is 2.77. The van der Waals surface area contributed by atoms with E-state index in [-0.39, 0.29) is 5.91 Å². The van der Waals surface area contributed by atoms with E-state index in [0.29, 0.717) is 12.8 Å². The van der Waals surface area contributed by atoms with E-state index in [9.17, 15) is 4.79 Å². The van der Waals surface area contributed by atoms with Crippen LogP contribution in [0.3, 0.4) is 0 Å². The lowest BCUT2D eigenvalue weighted by Gasteiger charge is -2.23. The summed E-state index contributed by atoms with van der Waals surface area (Å²) in [4.78, 5) is 12.4. The Balaban J connectivity index is 1.47. The number of nitrogens with one attached hydrogen (secondary N) is 1. The van der Waals surface area contributed by atoms with Gasteiger partial charge in [-0.1, -0.05) is 60.2 Å². The summed E-state index contributed by atoms with van der Waals surface area (Å²) < 4.78 is 0. The summed E-state index contributed by atoms with van der Waals surface area (Å²) in [5, 5.41) is 10.4. The number of carbonyl (C=O) groups is 1. The van der Waals surface area contributed by atoms with Crippen molar-refractivity contribution in [2.24, 2.45) is 10.2 Å². The first-order valence-electron chi connectivity index (χ1n) is 9.61. The van der Waals surface area contributed by atoms with Crippen LogP contribution < -0.4 is 10.4 Å². The van der Waals surface area contributed by atoms with Crippen molar-refractivity contribution in [2.45, 2.75) is 19.8 Å². The Morgan fingerprint density at radius 2 is 1.66 bits per heavy atom. The highest BCUT2D eigenvalue weighted by atomic mass is 16.2. The summed E-state index contributed by atoms with van der Waals surface area (Å²) in [7, 11) is 0. The largest absolute Gasteiger partial charge is 0.279 e. The van der Waals surface area contributed by atoms with E-state index in [1.807, 2.05) is 78.9 Å². The first-order valence-corrected chi connectivity index (χ1v) is 9.61. The molecule has 5 nitrogen and oxygen atoms in total. The topological polar surface area (TPSA) is 57.1 Å². The number of hydrazone groups is 2. The van der Waals surface area contributed by atoms with Crippen LogP contribution in [0.25, 0.3) is 0 Å². The number of hydrogen-bond donors (Lipinski definition) is 1. The van der Waals surface area contributed by atoms with Gasteiger partial charge < -0.3 is 0 Å². The Morgan fingerprint density at radius 3 is 2.38 bits per heavy atom. The lowest BCUT2D eigenvalue weighted by atomic mass is 10.0. The summed E-state index contributed by atoms with van der Waals surface area (Å²) in [6.07, 6.45) is 2.87. The number of aryl methyl sites for hydroxylation is 1. The maximum atomic E-state index is 12.4. The van der Waals surface area contributed by atoms with Crippen LogP contribution in [0.1, 0.15) is 29.5 Å². The monoisotopic (exact) mass is 382 g/mol. The van der Waals surface area contributed by atoms with E-state index < -0.39 is 0 Å². The number of amides is 1. The van der Waals surface area contributed by atoms with Gasteiger partial charge in [-0.2, -0.15) is 10.2 Å². The molecule has 1 aliphatic heterocycles. The van der Waals surface area contributed by atoms with Gasteiger partial charge in [-0.3, -0.25) is 10.2 Å². The minimum Gasteiger partial charge on any atom is -0.279 e. The molecule has 0 saturated heterocycles. The Bertz CT molecular complexity index is 1040. The molecule has 0 saturated carbocycles. The number of rotatable bonds is 5. The van der Waals surface area contributed by atoms with Gasteiger partial charge in [0, 0.05) is 12.8 Å². The number of anilines is 2. The number of nitrogens with zero attached hydrogens (tertiary/aromatic N) is 3. The molecule has 0 fully saturated rings. The minimum atomic E-state index is 0.00661. The molecule has 1 amide bonds. The summed E-state index contributed by atoms with van der Waals surface area (Å²) in [6.45, 7) is 2.05. The van der Waals surface area contributed by atoms with E-state index in [2.05, 4.69) is 22.6 Å². The Labute approximate surface area is 170 Å². The Hall–Kier alpha value is -3.73. The van der Waals surface area contributed by atoms with Gasteiger partial charge in [-0.05, 0) is 42.3 Å². The fourth-order valence-corrected chi connectivity index (χ4v) is 3.10. The van der Waals surface area contributed by atoms with Gasteiger partial charge in [0.2, 0.25) is 5.91 Å². The molecule has 0 unspecified atom stereocenters. The highest BCUT2D eigenvalue weighted by Crippen LogP contribution is 2.22. The standard InChI is InChI=1S/C24H22N4O/c1-18-7-11-21(12-8-18)26-25-17-19-9-13-22(14-10-19)28-24(29)16-15-23(27-28)20-5-3-2-4-6-20/h2-14,17,26H,15-16H2,1H3. The Morgan fingerprint density at radius 1 is 0.931 bits per heavy atom. The molecule has 1 heterocycles. The molecule has 144 valence electrons. The highest BCUT2D eigenvalue weighted by Gasteiger charge is 2.22. The molecule has 1 aliphatic rings. The number of benzene rings is 3. The molecule has 0 aromatic heterocycles. The quantitative estimate of drug-likeness (QED) is 0.500. The highest BCUT2D eigenvalue weighted by molar-refractivity contribution is 6.08. The molecular weight excluding hydrogens is 360 g/mol. The summed E-state index contributed by atoms with van der Waals surface area (Å²) in [5.41, 5.74) is 8.83. The van der Waals surface area contributed by atoms with Gasteiger partial charge in [-0.15, -0.1) is 0 Å². The molecule has 5 heteroatoms. The van der Waals surface area contributed by atoms with Gasteiger partial charge in [0.05, 0.1) is 23.3 Å². The summed E-state index contributed by atoms with van der Waals surface area (Å²) in [6, 6.07) is 25.7. The van der Waals surface area contributed by atoms with Crippen LogP contribution >= 0.6 is 0 Å². The van der Waals surface area contributed by atoms with Crippen LogP contribution in [0.5, 0.6) is 0 Å². The minimum absolute atomic E-state index is 0.00661. The van der Waals surface area contributed by atoms with Crippen LogP contribution in [0.15, 0.2) is 89.1 Å². The maximum Gasteiger partial charge on any atom is 0.247 e. The summed E-state index contributed by atoms with van der Waals surface area (Å²) >= 11 is 0. The smallest absolute Gasteiger partial charge is 0.247 e. The predicted molar refractivity (Wildman–Crippen MR) is 119 cm³/mol. The second-order valence-corrected chi connectivity index (χ2v) is 6.95. The lowest BCUT2D eigenvalue weighted by molar-refractivity contribution is -0.118. The van der Waals surface area contributed by atoms with Crippen molar-refractivity contribution < 1.29 is 4.79 Å². The van der Waals surface area contributed by atoms with Crippen molar-refractivity contribution in [2.75, 3.05) is 10.4 Å². The van der Waals surface area contributed by atoms with Gasteiger partial charge in [0.1, 0.15) is 0 Å². The van der Waals surface area contributed by atoms with Crippen molar-refractivity contribution in [1.82, 2.24) is 0 Å². The molecule has 0 bridgehead atoms. The molecule has 0 radical (unpaired) electrons. The van der Waals surface area contributed by atoms with E-state index in [4.69, 9.17) is 0 Å². The van der Waals surface area contributed by atoms with Gasteiger partial charge in [0.15, 0.2) is 0 Å². The molecule has 1 N–H and O–H groups in total. The van der Waals surface area contributed by atoms with Crippen LogP contribution in [0.4, 0.5) is 11.4 Å². The second-order valence-electron chi connectivity index (χ2n) is 6.95. The first-order chi connectivity index (χ1) is 14.2. The fourth-order valence-electron chi connectivity index (χ4n) is 3.10. The number of carbonyl (C=O) groups excluding carboxylic acids is 1. The molecule has 0 spiro atoms. The molecule has 0 aliphatic carbocycles. The van der Waals surface area contributed by atoms with Gasteiger partial charge >= 0.3 is 0 Å². The van der Waals surface area contributed by atoms with Crippen molar-refractivity contribution in [1.29, 1.82) is 0 Å². The fraction of sp³-hybridized carbons (Fsp3) is 0.125. The van der Waals surface area contributed by atoms with Crippen LogP contribution in [-0.2, 0) is 4.79 Å². The van der Waals surface area contributed by atoms with Crippen molar-refractivity contribution in [3.05, 3.63) is 95.6 Å². The maximum absolute atomic E-state index is 12.4. The zero-order chi connectivity index (χ0) is 20.1. The molecule has 3 aromatic carbocycles. The van der Waals surface area contributed by atoms with E-state index >= 15 is 0 Å². The van der Waals surface area contributed by atoms with Crippen LogP contribution in [0.2, 0.25) is 0 Å². The normalized spacial score (nSPS) is 14.2. The SMILES string of the molecule is Cc1ccc(NN=Cc2ccc(N3N=C(c4ccccc4)CCC3=O)cc2)cc1. The Kier molecular flexibility index (Phi) is 5.47. The zero-order valence-electron chi connectivity index (χ0n) is 16.2. The van der Waals surface area contributed by atoms with Crippen molar-refractivity contribution in [3.63, 3.8) is 0 Å². The third-order valence-corrected chi connectivity index (χ3v) is 4.74.